The van der Waals surface area contributed by atoms with E-state index in [1.807, 2.05) is 30.3 Å². The summed E-state index contributed by atoms with van der Waals surface area (Å²) in [4.78, 5) is 70.1. The van der Waals surface area contributed by atoms with Crippen molar-refractivity contribution in [2.75, 3.05) is 26.5 Å². The molecule has 5 rings (SSSR count). The summed E-state index contributed by atoms with van der Waals surface area (Å²) in [5.74, 6) is -0.503. The molecule has 3 heterocycles. The van der Waals surface area contributed by atoms with E-state index < -0.39 is 93.2 Å². The van der Waals surface area contributed by atoms with E-state index in [1.165, 1.54) is 12.0 Å². The predicted molar refractivity (Wildman–Crippen MR) is 239 cm³/mol. The van der Waals surface area contributed by atoms with Gasteiger partial charge in [-0.2, -0.15) is 0 Å². The highest BCUT2D eigenvalue weighted by atomic mass is 32.2. The van der Waals surface area contributed by atoms with Gasteiger partial charge in [-0.25, -0.2) is 41.7 Å². The van der Waals surface area contributed by atoms with Gasteiger partial charge >= 0.3 is 24.4 Å². The van der Waals surface area contributed by atoms with Gasteiger partial charge in [-0.15, -0.1) is 9.98 Å². The number of carbonyl (C=O) groups is 4. The molecule has 4 atom stereocenters. The third-order valence-corrected chi connectivity index (χ3v) is 10.9. The van der Waals surface area contributed by atoms with Crippen LogP contribution in [0.5, 0.6) is 5.75 Å². The van der Waals surface area contributed by atoms with E-state index in [1.54, 1.807) is 107 Å². The van der Waals surface area contributed by atoms with E-state index in [2.05, 4.69) is 9.98 Å². The summed E-state index contributed by atoms with van der Waals surface area (Å²) >= 11 is 0. The quantitative estimate of drug-likeness (QED) is 0.227. The number of hydrogen-bond donors (Lipinski definition) is 0. The lowest BCUT2D eigenvalue weighted by Crippen LogP contribution is -2.80. The summed E-state index contributed by atoms with van der Waals surface area (Å²) in [6, 6.07) is 13.0. The van der Waals surface area contributed by atoms with E-state index in [9.17, 15) is 22.8 Å². The van der Waals surface area contributed by atoms with Crippen molar-refractivity contribution in [2.45, 2.75) is 149 Å². The van der Waals surface area contributed by atoms with Crippen LogP contribution < -0.4 is 4.74 Å². The molecule has 0 radical (unpaired) electrons. The number of rotatable bonds is 9. The molecule has 3 saturated heterocycles. The number of nitrogens with zero attached hydrogens (tertiary/aromatic N) is 6. The van der Waals surface area contributed by atoms with Gasteiger partial charge < -0.3 is 38.1 Å². The Morgan fingerprint density at radius 1 is 0.692 bits per heavy atom. The Morgan fingerprint density at radius 3 is 1.71 bits per heavy atom. The Kier molecular flexibility index (Phi) is 14.6. The summed E-state index contributed by atoms with van der Waals surface area (Å²) in [5.41, 5.74) is -5.23. The lowest BCUT2D eigenvalue weighted by molar-refractivity contribution is -0.118. The van der Waals surface area contributed by atoms with Crippen LogP contribution in [-0.2, 0) is 51.7 Å². The molecule has 3 fully saturated rings. The van der Waals surface area contributed by atoms with Crippen LogP contribution in [0.25, 0.3) is 0 Å². The molecule has 0 unspecified atom stereocenters. The van der Waals surface area contributed by atoms with E-state index >= 15 is 4.79 Å². The van der Waals surface area contributed by atoms with Crippen LogP contribution in [0.2, 0.25) is 0 Å². The molecular formula is C45H64N6O13S. The minimum atomic E-state index is -4.64. The Labute approximate surface area is 382 Å². The molecule has 0 aromatic heterocycles. The molecule has 0 saturated carbocycles. The van der Waals surface area contributed by atoms with Crippen LogP contribution in [0.3, 0.4) is 0 Å². The molecule has 3 aliphatic heterocycles. The van der Waals surface area contributed by atoms with Gasteiger partial charge in [-0.3, -0.25) is 0 Å². The lowest BCUT2D eigenvalue weighted by Gasteiger charge is -2.56. The average Bonchev–Trinajstić information content (AvgIpc) is 3.66. The SMILES string of the molecule is COc1ccc(COC[C@H]2[C@@H]3N(S(C)(=O)=O)/C(=N\C(=O)OC(C)(C)C)N(C(=O)OC(C)(C)C)[C@@]34[C@@H](OCc3ccccc3)CCN4C(=NC(=O)OC(C)(C)C)N2C(=O)OC(C)(C)C)cc1. The molecule has 1 spiro atoms. The zero-order valence-electron chi connectivity index (χ0n) is 39.9. The van der Waals surface area contributed by atoms with Crippen molar-refractivity contribution in [2.24, 2.45) is 9.98 Å². The third kappa shape index (κ3) is 12.1. The first kappa shape index (κ1) is 50.5. The molecule has 3 aliphatic rings. The molecule has 65 heavy (non-hydrogen) atoms. The smallest absolute Gasteiger partial charge is 0.437 e. The molecule has 19 nitrogen and oxygen atoms in total. The van der Waals surface area contributed by atoms with Crippen LogP contribution in [0.15, 0.2) is 64.6 Å². The molecule has 0 aliphatic carbocycles. The molecular weight excluding hydrogens is 865 g/mol. The minimum Gasteiger partial charge on any atom is -0.497 e. The van der Waals surface area contributed by atoms with Gasteiger partial charge in [-0.1, -0.05) is 42.5 Å². The van der Waals surface area contributed by atoms with Crippen LogP contribution in [0, 0.1) is 0 Å². The van der Waals surface area contributed by atoms with Gasteiger partial charge in [0, 0.05) is 6.54 Å². The number of amides is 4. The van der Waals surface area contributed by atoms with Crippen LogP contribution >= 0.6 is 0 Å². The fourth-order valence-electron chi connectivity index (χ4n) is 7.76. The Hall–Kier alpha value is -5.47. The number of benzene rings is 2. The van der Waals surface area contributed by atoms with E-state index in [0.29, 0.717) is 11.3 Å². The zero-order chi connectivity index (χ0) is 48.5. The van der Waals surface area contributed by atoms with Gasteiger partial charge in [0.05, 0.1) is 39.2 Å². The number of carbonyl (C=O) groups excluding carboxylic acids is 4. The number of guanidine groups is 2. The summed E-state index contributed by atoms with van der Waals surface area (Å²) in [5, 5.41) is 0. The van der Waals surface area contributed by atoms with Gasteiger partial charge in [0.2, 0.25) is 21.9 Å². The minimum absolute atomic E-state index is 0.0413. The highest BCUT2D eigenvalue weighted by Crippen LogP contribution is 2.52. The van der Waals surface area contributed by atoms with Gasteiger partial charge in [0.1, 0.15) is 40.3 Å². The molecule has 0 bridgehead atoms. The fraction of sp³-hybridized carbons (Fsp3) is 0.600. The first-order chi connectivity index (χ1) is 29.9. The molecule has 2 aromatic carbocycles. The first-order valence-electron chi connectivity index (χ1n) is 21.3. The van der Waals surface area contributed by atoms with E-state index in [-0.39, 0.29) is 32.1 Å². The van der Waals surface area contributed by atoms with Crippen molar-refractivity contribution < 1.29 is 60.8 Å². The summed E-state index contributed by atoms with van der Waals surface area (Å²) in [6.07, 6.45) is -4.80. The second kappa shape index (κ2) is 18.8. The van der Waals surface area contributed by atoms with Gasteiger partial charge in [0.25, 0.3) is 0 Å². The Morgan fingerprint density at radius 2 is 1.20 bits per heavy atom. The first-order valence-corrected chi connectivity index (χ1v) is 23.1. The summed E-state index contributed by atoms with van der Waals surface area (Å²) in [6.45, 7) is 18.8. The van der Waals surface area contributed by atoms with Crippen molar-refractivity contribution in [3.63, 3.8) is 0 Å². The molecule has 4 amide bonds. The van der Waals surface area contributed by atoms with Gasteiger partial charge in [0.15, 0.2) is 5.66 Å². The van der Waals surface area contributed by atoms with Crippen molar-refractivity contribution in [3.05, 3.63) is 65.7 Å². The highest BCUT2D eigenvalue weighted by molar-refractivity contribution is 7.89. The topological polar surface area (TPSA) is 205 Å². The Bertz CT molecular complexity index is 2240. The van der Waals surface area contributed by atoms with E-state index in [4.69, 9.17) is 33.2 Å². The second-order valence-corrected chi connectivity index (χ2v) is 21.8. The maximum Gasteiger partial charge on any atom is 0.437 e. The molecule has 2 aromatic rings. The maximum atomic E-state index is 15.2. The third-order valence-electron chi connectivity index (χ3n) is 9.82. The summed E-state index contributed by atoms with van der Waals surface area (Å²) < 4.78 is 72.0. The lowest BCUT2D eigenvalue weighted by atomic mass is 9.86. The predicted octanol–water partition coefficient (Wildman–Crippen LogP) is 7.28. The van der Waals surface area contributed by atoms with Crippen LogP contribution in [0.4, 0.5) is 19.2 Å². The molecule has 0 N–H and O–H groups in total. The average molecular weight is 929 g/mol. The summed E-state index contributed by atoms with van der Waals surface area (Å²) in [7, 11) is -3.11. The molecule has 20 heteroatoms. The fourth-order valence-corrected chi connectivity index (χ4v) is 8.89. The van der Waals surface area contributed by atoms with Crippen molar-refractivity contribution >= 4 is 46.3 Å². The Balaban J connectivity index is 1.91. The van der Waals surface area contributed by atoms with Crippen LogP contribution in [-0.4, -0.2) is 136 Å². The van der Waals surface area contributed by atoms with Gasteiger partial charge in [-0.05, 0) is 113 Å². The number of ether oxygens (including phenoxy) is 7. The number of methoxy groups -OCH3 is 1. The zero-order valence-corrected chi connectivity index (χ0v) is 40.7. The number of aliphatic imine (C=N–C) groups is 2. The van der Waals surface area contributed by atoms with Crippen molar-refractivity contribution in [1.29, 1.82) is 0 Å². The maximum absolute atomic E-state index is 15.2. The normalized spacial score (nSPS) is 22.7. The largest absolute Gasteiger partial charge is 0.497 e. The highest BCUT2D eigenvalue weighted by Gasteiger charge is 2.77. The number of sulfonamides is 1. The van der Waals surface area contributed by atoms with Crippen molar-refractivity contribution in [3.8, 4) is 5.75 Å². The number of hydrogen-bond acceptors (Lipinski definition) is 13. The second-order valence-electron chi connectivity index (χ2n) is 19.9. The van der Waals surface area contributed by atoms with Crippen LogP contribution in [0.1, 0.15) is 101 Å². The van der Waals surface area contributed by atoms with Crippen molar-refractivity contribution in [1.82, 2.24) is 19.0 Å². The standard InChI is InChI=1S/C45H64N6O13S/c1-41(2,3)61-37(52)46-35-48-25-24-33(60-27-29-18-16-15-17-19-29)45(48)34(32(49(35)39(54)63-43(7,8)9)28-59-26-30-20-22-31(58-13)23-21-30)51(65(14,56)57)36(47-38(53)62-42(4,5)6)50(45)40(55)64-44(10,11)12/h15-23,32-34H,24-28H2,1-14H3/b46-35?,47-36-/t32-,33-,34-,45-/m0/s1. The molecule has 358 valence electrons. The van der Waals surface area contributed by atoms with E-state index in [0.717, 1.165) is 25.9 Å². The monoisotopic (exact) mass is 928 g/mol.